The van der Waals surface area contributed by atoms with E-state index in [1.807, 2.05) is 26.0 Å². The minimum Gasteiger partial charge on any atom is -0.465 e. The van der Waals surface area contributed by atoms with Crippen LogP contribution in [0.4, 0.5) is 5.95 Å². The first kappa shape index (κ1) is 17.6. The van der Waals surface area contributed by atoms with Crippen molar-refractivity contribution < 1.29 is 13.9 Å². The van der Waals surface area contributed by atoms with E-state index < -0.39 is 0 Å². The lowest BCUT2D eigenvalue weighted by atomic mass is 10.1. The van der Waals surface area contributed by atoms with E-state index in [4.69, 9.17) is 9.15 Å². The van der Waals surface area contributed by atoms with Gasteiger partial charge in [0.15, 0.2) is 5.78 Å². The van der Waals surface area contributed by atoms with Crippen LogP contribution >= 0.6 is 0 Å². The molecule has 0 aromatic carbocycles. The predicted octanol–water partition coefficient (Wildman–Crippen LogP) is 2.37. The maximum absolute atomic E-state index is 11.5. The normalized spacial score (nSPS) is 16.6. The SMILES string of the molecule is CC(=O)c1cnc(NC[C@@H](c2ccc(C)o2)N2CCOCC2)nc1C. The summed E-state index contributed by atoms with van der Waals surface area (Å²) in [4.78, 5) is 22.5. The fourth-order valence-electron chi connectivity index (χ4n) is 3.02. The highest BCUT2D eigenvalue weighted by Gasteiger charge is 2.25. The lowest BCUT2D eigenvalue weighted by molar-refractivity contribution is 0.0143. The molecule has 1 atom stereocenters. The van der Waals surface area contributed by atoms with E-state index in [2.05, 4.69) is 20.2 Å². The van der Waals surface area contributed by atoms with Crippen LogP contribution < -0.4 is 5.32 Å². The number of carbonyl (C=O) groups is 1. The zero-order chi connectivity index (χ0) is 17.8. The molecule has 0 unspecified atom stereocenters. The molecule has 7 nitrogen and oxygen atoms in total. The van der Waals surface area contributed by atoms with Crippen molar-refractivity contribution in [1.82, 2.24) is 14.9 Å². The maximum Gasteiger partial charge on any atom is 0.222 e. The van der Waals surface area contributed by atoms with Gasteiger partial charge in [-0.2, -0.15) is 0 Å². The molecule has 0 saturated carbocycles. The third kappa shape index (κ3) is 4.24. The average molecular weight is 344 g/mol. The van der Waals surface area contributed by atoms with E-state index in [9.17, 15) is 4.79 Å². The Morgan fingerprint density at radius 1 is 1.32 bits per heavy atom. The second-order valence-electron chi connectivity index (χ2n) is 6.24. The summed E-state index contributed by atoms with van der Waals surface area (Å²) >= 11 is 0. The van der Waals surface area contributed by atoms with E-state index in [-0.39, 0.29) is 11.8 Å². The van der Waals surface area contributed by atoms with Gasteiger partial charge in [0.2, 0.25) is 5.95 Å². The van der Waals surface area contributed by atoms with E-state index in [0.717, 1.165) is 37.8 Å². The number of nitrogens with one attached hydrogen (secondary N) is 1. The van der Waals surface area contributed by atoms with Gasteiger partial charge >= 0.3 is 0 Å². The van der Waals surface area contributed by atoms with Gasteiger partial charge in [-0.05, 0) is 32.9 Å². The van der Waals surface area contributed by atoms with Crippen molar-refractivity contribution in [1.29, 1.82) is 0 Å². The summed E-state index contributed by atoms with van der Waals surface area (Å²) in [5, 5.41) is 3.28. The summed E-state index contributed by atoms with van der Waals surface area (Å²) in [5.74, 6) is 2.31. The van der Waals surface area contributed by atoms with Crippen LogP contribution in [0.25, 0.3) is 0 Å². The number of ketones is 1. The second-order valence-corrected chi connectivity index (χ2v) is 6.24. The number of furan rings is 1. The Labute approximate surface area is 147 Å². The van der Waals surface area contributed by atoms with Gasteiger partial charge in [-0.25, -0.2) is 9.97 Å². The molecule has 1 aliphatic rings. The van der Waals surface area contributed by atoms with Crippen molar-refractivity contribution in [3.8, 4) is 0 Å². The van der Waals surface area contributed by atoms with Gasteiger partial charge in [0.1, 0.15) is 11.5 Å². The highest BCUT2D eigenvalue weighted by Crippen LogP contribution is 2.24. The summed E-state index contributed by atoms with van der Waals surface area (Å²) in [6, 6.07) is 4.07. The minimum absolute atomic E-state index is 0.0266. The zero-order valence-corrected chi connectivity index (χ0v) is 14.9. The van der Waals surface area contributed by atoms with Gasteiger partial charge in [0.05, 0.1) is 30.5 Å². The van der Waals surface area contributed by atoms with Crippen molar-refractivity contribution in [3.63, 3.8) is 0 Å². The molecule has 25 heavy (non-hydrogen) atoms. The molecule has 2 aromatic rings. The van der Waals surface area contributed by atoms with Crippen LogP contribution in [0.3, 0.4) is 0 Å². The number of morpholine rings is 1. The summed E-state index contributed by atoms with van der Waals surface area (Å²) in [6.45, 7) is 9.06. The maximum atomic E-state index is 11.5. The molecular weight excluding hydrogens is 320 g/mol. The third-order valence-electron chi connectivity index (χ3n) is 4.39. The van der Waals surface area contributed by atoms with E-state index >= 15 is 0 Å². The Hall–Kier alpha value is -2.25. The molecule has 2 aromatic heterocycles. The molecule has 7 heteroatoms. The van der Waals surface area contributed by atoms with Crippen molar-refractivity contribution in [3.05, 3.63) is 41.1 Å². The largest absolute Gasteiger partial charge is 0.465 e. The molecule has 3 rings (SSSR count). The van der Waals surface area contributed by atoms with Crippen molar-refractivity contribution in [2.24, 2.45) is 0 Å². The van der Waals surface area contributed by atoms with Crippen molar-refractivity contribution in [2.45, 2.75) is 26.8 Å². The first-order valence-corrected chi connectivity index (χ1v) is 8.51. The molecule has 134 valence electrons. The van der Waals surface area contributed by atoms with Crippen molar-refractivity contribution >= 4 is 11.7 Å². The van der Waals surface area contributed by atoms with Crippen LogP contribution in [-0.4, -0.2) is 53.5 Å². The number of rotatable bonds is 6. The average Bonchev–Trinajstić information content (AvgIpc) is 3.02. The topological polar surface area (TPSA) is 80.5 Å². The van der Waals surface area contributed by atoms with E-state index in [0.29, 0.717) is 23.8 Å². The Morgan fingerprint density at radius 3 is 2.68 bits per heavy atom. The first-order valence-electron chi connectivity index (χ1n) is 8.51. The summed E-state index contributed by atoms with van der Waals surface area (Å²) < 4.78 is 11.3. The van der Waals surface area contributed by atoms with Gasteiger partial charge in [-0.15, -0.1) is 0 Å². The van der Waals surface area contributed by atoms with E-state index in [1.165, 1.54) is 6.92 Å². The standard InChI is InChI=1S/C18H24N4O3/c1-12-4-5-17(25-12)16(22-6-8-24-9-7-22)11-20-18-19-10-15(14(3)23)13(2)21-18/h4-5,10,16H,6-9,11H2,1-3H3,(H,19,20,21)/t16-/m0/s1. The number of hydrogen-bond donors (Lipinski definition) is 1. The molecule has 3 heterocycles. The molecule has 0 bridgehead atoms. The van der Waals surface area contributed by atoms with Crippen LogP contribution in [0.2, 0.25) is 0 Å². The molecular formula is C18H24N4O3. The zero-order valence-electron chi connectivity index (χ0n) is 14.9. The third-order valence-corrected chi connectivity index (χ3v) is 4.39. The van der Waals surface area contributed by atoms with Crippen LogP contribution in [0.15, 0.2) is 22.7 Å². The van der Waals surface area contributed by atoms with Crippen LogP contribution in [0, 0.1) is 13.8 Å². The monoisotopic (exact) mass is 344 g/mol. The van der Waals surface area contributed by atoms with Gasteiger partial charge in [-0.1, -0.05) is 0 Å². The first-order chi connectivity index (χ1) is 12.0. The quantitative estimate of drug-likeness (QED) is 0.806. The highest BCUT2D eigenvalue weighted by atomic mass is 16.5. The second kappa shape index (κ2) is 7.76. The molecule has 0 radical (unpaired) electrons. The van der Waals surface area contributed by atoms with E-state index in [1.54, 1.807) is 6.20 Å². The number of aryl methyl sites for hydroxylation is 2. The predicted molar refractivity (Wildman–Crippen MR) is 93.8 cm³/mol. The van der Waals surface area contributed by atoms with Crippen molar-refractivity contribution in [2.75, 3.05) is 38.2 Å². The number of hydrogen-bond acceptors (Lipinski definition) is 7. The smallest absolute Gasteiger partial charge is 0.222 e. The van der Waals surface area contributed by atoms with Gasteiger partial charge in [0.25, 0.3) is 0 Å². The van der Waals surface area contributed by atoms with Gasteiger partial charge in [0, 0.05) is 25.8 Å². The number of ether oxygens (including phenoxy) is 1. The van der Waals surface area contributed by atoms with Crippen LogP contribution in [-0.2, 0) is 4.74 Å². The Morgan fingerprint density at radius 2 is 2.08 bits per heavy atom. The molecule has 0 spiro atoms. The number of carbonyl (C=O) groups excluding carboxylic acids is 1. The molecule has 0 aliphatic carbocycles. The fraction of sp³-hybridized carbons (Fsp3) is 0.500. The number of Topliss-reactive ketones (excluding diaryl/α,β-unsaturated/α-hetero) is 1. The Bertz CT molecular complexity index is 738. The lowest BCUT2D eigenvalue weighted by Crippen LogP contribution is -2.41. The van der Waals surface area contributed by atoms with Gasteiger partial charge < -0.3 is 14.5 Å². The Kier molecular flexibility index (Phi) is 5.45. The van der Waals surface area contributed by atoms with Crippen LogP contribution in [0.5, 0.6) is 0 Å². The Balaban J connectivity index is 1.74. The molecule has 0 amide bonds. The summed E-state index contributed by atoms with van der Waals surface area (Å²) in [5.41, 5.74) is 1.23. The molecule has 1 aliphatic heterocycles. The van der Waals surface area contributed by atoms with Crippen LogP contribution in [0.1, 0.15) is 40.5 Å². The molecule has 1 N–H and O–H groups in total. The highest BCUT2D eigenvalue weighted by molar-refractivity contribution is 5.94. The lowest BCUT2D eigenvalue weighted by Gasteiger charge is -2.33. The number of nitrogens with zero attached hydrogens (tertiary/aromatic N) is 3. The summed E-state index contributed by atoms with van der Waals surface area (Å²) in [6.07, 6.45) is 1.58. The van der Waals surface area contributed by atoms with Gasteiger partial charge in [-0.3, -0.25) is 9.69 Å². The molecule has 1 saturated heterocycles. The molecule has 1 fully saturated rings. The number of aromatic nitrogens is 2. The summed E-state index contributed by atoms with van der Waals surface area (Å²) in [7, 11) is 0. The minimum atomic E-state index is -0.0266. The fourth-order valence-corrected chi connectivity index (χ4v) is 3.02. The number of anilines is 1.